The van der Waals surface area contributed by atoms with E-state index in [1.54, 1.807) is 0 Å². The molecule has 5 heteroatoms. The molecule has 0 spiro atoms. The maximum absolute atomic E-state index is 5.42. The van der Waals surface area contributed by atoms with Crippen molar-refractivity contribution >= 4 is 5.96 Å². The van der Waals surface area contributed by atoms with Gasteiger partial charge in [0.2, 0.25) is 0 Å². The lowest BCUT2D eigenvalue weighted by atomic mass is 10.0. The van der Waals surface area contributed by atoms with Crippen molar-refractivity contribution < 1.29 is 4.74 Å². The summed E-state index contributed by atoms with van der Waals surface area (Å²) in [7, 11) is 0. The number of aliphatic imine (C=N–C) groups is 1. The van der Waals surface area contributed by atoms with Crippen LogP contribution in [0.15, 0.2) is 4.99 Å². The summed E-state index contributed by atoms with van der Waals surface area (Å²) in [6.07, 6.45) is 2.29. The molecule has 0 aromatic heterocycles. The zero-order chi connectivity index (χ0) is 15.9. The highest BCUT2D eigenvalue weighted by Crippen LogP contribution is 2.19. The van der Waals surface area contributed by atoms with Crippen LogP contribution in [0.2, 0.25) is 0 Å². The lowest BCUT2D eigenvalue weighted by molar-refractivity contribution is 0.0689. The van der Waals surface area contributed by atoms with Gasteiger partial charge in [0.25, 0.3) is 0 Å². The first kappa shape index (κ1) is 17.5. The van der Waals surface area contributed by atoms with Crippen LogP contribution in [-0.4, -0.2) is 62.3 Å². The van der Waals surface area contributed by atoms with Gasteiger partial charge in [-0.15, -0.1) is 0 Å². The number of hydrogen-bond acceptors (Lipinski definition) is 3. The summed E-state index contributed by atoms with van der Waals surface area (Å²) in [5, 5.41) is 7.06. The van der Waals surface area contributed by atoms with E-state index in [0.29, 0.717) is 23.9 Å². The Morgan fingerprint density at radius 2 is 2.00 bits per heavy atom. The summed E-state index contributed by atoms with van der Waals surface area (Å²) in [6.45, 7) is 14.9. The monoisotopic (exact) mass is 310 g/mol. The Morgan fingerprint density at radius 1 is 1.27 bits per heavy atom. The smallest absolute Gasteiger partial charge is 0.191 e. The van der Waals surface area contributed by atoms with E-state index in [2.05, 4.69) is 43.2 Å². The normalized spacial score (nSPS) is 28.3. The van der Waals surface area contributed by atoms with Crippen LogP contribution in [0.3, 0.4) is 0 Å². The molecule has 22 heavy (non-hydrogen) atoms. The standard InChI is InChI=1S/C17H34N4O/c1-5-18-17(19-10-15-6-8-22-9-7-15)20-16-12-21(13(2)3)11-14(16)4/h13-16H,5-12H2,1-4H3,(H2,18,19,20). The zero-order valence-electron chi connectivity index (χ0n) is 14.8. The van der Waals surface area contributed by atoms with E-state index in [4.69, 9.17) is 9.73 Å². The van der Waals surface area contributed by atoms with Gasteiger partial charge in [-0.3, -0.25) is 9.89 Å². The average molecular weight is 310 g/mol. The fraction of sp³-hybridized carbons (Fsp3) is 0.941. The van der Waals surface area contributed by atoms with Gasteiger partial charge in [-0.05, 0) is 45.4 Å². The zero-order valence-corrected chi connectivity index (χ0v) is 14.8. The minimum absolute atomic E-state index is 0.495. The molecular formula is C17H34N4O. The summed E-state index contributed by atoms with van der Waals surface area (Å²) in [5.41, 5.74) is 0. The van der Waals surface area contributed by atoms with Crippen LogP contribution < -0.4 is 10.6 Å². The highest BCUT2D eigenvalue weighted by molar-refractivity contribution is 5.80. The van der Waals surface area contributed by atoms with Crippen molar-refractivity contribution in [1.29, 1.82) is 0 Å². The second kappa shape index (κ2) is 8.73. The summed E-state index contributed by atoms with van der Waals surface area (Å²) in [5.74, 6) is 2.32. The lowest BCUT2D eigenvalue weighted by Gasteiger charge is -2.23. The predicted octanol–water partition coefficient (Wildman–Crippen LogP) is 1.70. The van der Waals surface area contributed by atoms with E-state index in [9.17, 15) is 0 Å². The lowest BCUT2D eigenvalue weighted by Crippen LogP contribution is -2.47. The van der Waals surface area contributed by atoms with Crippen molar-refractivity contribution in [3.05, 3.63) is 0 Å². The second-order valence-corrected chi connectivity index (χ2v) is 7.05. The first-order valence-corrected chi connectivity index (χ1v) is 8.96. The first-order chi connectivity index (χ1) is 10.6. The Labute approximate surface area is 135 Å². The molecular weight excluding hydrogens is 276 g/mol. The van der Waals surface area contributed by atoms with Gasteiger partial charge in [0.15, 0.2) is 5.96 Å². The molecule has 0 aromatic rings. The van der Waals surface area contributed by atoms with E-state index >= 15 is 0 Å². The van der Waals surface area contributed by atoms with E-state index in [1.165, 1.54) is 6.54 Å². The van der Waals surface area contributed by atoms with Crippen LogP contribution >= 0.6 is 0 Å². The summed E-state index contributed by atoms with van der Waals surface area (Å²) in [6, 6.07) is 1.12. The van der Waals surface area contributed by atoms with Crippen molar-refractivity contribution in [2.75, 3.05) is 39.4 Å². The van der Waals surface area contributed by atoms with Crippen LogP contribution in [0.25, 0.3) is 0 Å². The molecule has 2 saturated heterocycles. The molecule has 0 bridgehead atoms. The van der Waals surface area contributed by atoms with Crippen molar-refractivity contribution in [2.24, 2.45) is 16.8 Å². The Hall–Kier alpha value is -0.810. The second-order valence-electron chi connectivity index (χ2n) is 7.05. The molecule has 2 atom stereocenters. The van der Waals surface area contributed by atoms with Gasteiger partial charge >= 0.3 is 0 Å². The van der Waals surface area contributed by atoms with Crippen molar-refractivity contribution in [2.45, 2.75) is 52.6 Å². The van der Waals surface area contributed by atoms with Gasteiger partial charge in [-0.1, -0.05) is 6.92 Å². The predicted molar refractivity (Wildman–Crippen MR) is 92.3 cm³/mol. The van der Waals surface area contributed by atoms with E-state index in [1.807, 2.05) is 0 Å². The highest BCUT2D eigenvalue weighted by atomic mass is 16.5. The van der Waals surface area contributed by atoms with E-state index in [0.717, 1.165) is 51.6 Å². The molecule has 0 aromatic carbocycles. The van der Waals surface area contributed by atoms with Gasteiger partial charge in [0, 0.05) is 51.5 Å². The summed E-state index contributed by atoms with van der Waals surface area (Å²) in [4.78, 5) is 7.37. The third-order valence-electron chi connectivity index (χ3n) is 4.89. The Bertz CT molecular complexity index is 353. The van der Waals surface area contributed by atoms with Crippen LogP contribution in [0, 0.1) is 11.8 Å². The fourth-order valence-electron chi connectivity index (χ4n) is 3.26. The van der Waals surface area contributed by atoms with Crippen LogP contribution in [0.5, 0.6) is 0 Å². The fourth-order valence-corrected chi connectivity index (χ4v) is 3.26. The molecule has 0 radical (unpaired) electrons. The molecule has 0 amide bonds. The third-order valence-corrected chi connectivity index (χ3v) is 4.89. The van der Waals surface area contributed by atoms with Crippen molar-refractivity contribution in [3.8, 4) is 0 Å². The number of nitrogens with zero attached hydrogens (tertiary/aromatic N) is 2. The molecule has 0 aliphatic carbocycles. The average Bonchev–Trinajstić information content (AvgIpc) is 2.87. The molecule has 2 fully saturated rings. The maximum atomic E-state index is 5.42. The van der Waals surface area contributed by atoms with Crippen molar-refractivity contribution in [3.63, 3.8) is 0 Å². The van der Waals surface area contributed by atoms with Gasteiger partial charge in [0.05, 0.1) is 0 Å². The quantitative estimate of drug-likeness (QED) is 0.599. The molecule has 2 rings (SSSR count). The molecule has 5 nitrogen and oxygen atoms in total. The molecule has 2 N–H and O–H groups in total. The van der Waals surface area contributed by atoms with Crippen LogP contribution in [-0.2, 0) is 4.74 Å². The molecule has 128 valence electrons. The topological polar surface area (TPSA) is 48.9 Å². The number of rotatable bonds is 5. The summed E-state index contributed by atoms with van der Waals surface area (Å²) >= 11 is 0. The molecule has 2 aliphatic heterocycles. The molecule has 2 aliphatic rings. The van der Waals surface area contributed by atoms with Crippen LogP contribution in [0.4, 0.5) is 0 Å². The third kappa shape index (κ3) is 5.13. The number of nitrogens with one attached hydrogen (secondary N) is 2. The largest absolute Gasteiger partial charge is 0.381 e. The molecule has 2 heterocycles. The molecule has 0 saturated carbocycles. The highest BCUT2D eigenvalue weighted by Gasteiger charge is 2.31. The SMILES string of the molecule is CCNC(=NCC1CCOCC1)NC1CN(C(C)C)CC1C. The van der Waals surface area contributed by atoms with Crippen molar-refractivity contribution in [1.82, 2.24) is 15.5 Å². The number of guanidine groups is 1. The minimum atomic E-state index is 0.495. The first-order valence-electron chi connectivity index (χ1n) is 8.96. The summed E-state index contributed by atoms with van der Waals surface area (Å²) < 4.78 is 5.42. The number of hydrogen-bond donors (Lipinski definition) is 2. The Morgan fingerprint density at radius 3 is 2.59 bits per heavy atom. The minimum Gasteiger partial charge on any atom is -0.381 e. The van der Waals surface area contributed by atoms with E-state index in [-0.39, 0.29) is 0 Å². The van der Waals surface area contributed by atoms with Crippen LogP contribution in [0.1, 0.15) is 40.5 Å². The number of ether oxygens (including phenoxy) is 1. The van der Waals surface area contributed by atoms with Gasteiger partial charge in [-0.25, -0.2) is 0 Å². The Kier molecular flexibility index (Phi) is 6.96. The maximum Gasteiger partial charge on any atom is 0.191 e. The number of likely N-dealkylation sites (tertiary alicyclic amines) is 1. The molecule has 2 unspecified atom stereocenters. The van der Waals surface area contributed by atoms with Gasteiger partial charge in [-0.2, -0.15) is 0 Å². The van der Waals surface area contributed by atoms with Gasteiger partial charge in [0.1, 0.15) is 0 Å². The van der Waals surface area contributed by atoms with Gasteiger partial charge < -0.3 is 15.4 Å². The van der Waals surface area contributed by atoms with E-state index < -0.39 is 0 Å². The Balaban J connectivity index is 1.87.